The zero-order valence-corrected chi connectivity index (χ0v) is 19.5. The summed E-state index contributed by atoms with van der Waals surface area (Å²) >= 11 is 0. The number of nitrogens with one attached hydrogen (secondary N) is 1. The SMILES string of the molecule is CCOc1cc2occ(-c3cccc4ccccc34)c2cc1/C(C)=C/C(=O)Nc1ccc(F)cc1. The molecule has 0 unspecified atom stereocenters. The fourth-order valence-corrected chi connectivity index (χ4v) is 4.29. The van der Waals surface area contributed by atoms with Crippen molar-refractivity contribution in [2.24, 2.45) is 0 Å². The Bertz CT molecular complexity index is 1560. The van der Waals surface area contributed by atoms with E-state index in [2.05, 4.69) is 29.6 Å². The van der Waals surface area contributed by atoms with Crippen LogP contribution in [0.3, 0.4) is 0 Å². The number of benzene rings is 4. The number of hydrogen-bond donors (Lipinski definition) is 1. The fraction of sp³-hybridized carbons (Fsp3) is 0.100. The maximum absolute atomic E-state index is 13.2. The zero-order chi connectivity index (χ0) is 24.4. The van der Waals surface area contributed by atoms with Gasteiger partial charge in [-0.25, -0.2) is 4.39 Å². The van der Waals surface area contributed by atoms with Crippen molar-refractivity contribution in [3.63, 3.8) is 0 Å². The first-order chi connectivity index (χ1) is 17.0. The van der Waals surface area contributed by atoms with Crippen molar-refractivity contribution >= 4 is 38.9 Å². The quantitative estimate of drug-likeness (QED) is 0.260. The Labute approximate surface area is 202 Å². The Hall–Kier alpha value is -4.38. The third-order valence-electron chi connectivity index (χ3n) is 5.94. The lowest BCUT2D eigenvalue weighted by molar-refractivity contribution is -0.111. The number of anilines is 1. The lowest BCUT2D eigenvalue weighted by Crippen LogP contribution is -2.08. The zero-order valence-electron chi connectivity index (χ0n) is 19.5. The Balaban J connectivity index is 1.57. The number of allylic oxidation sites excluding steroid dienone is 1. The van der Waals surface area contributed by atoms with Gasteiger partial charge in [0.05, 0.1) is 12.9 Å². The molecule has 0 aliphatic carbocycles. The molecule has 174 valence electrons. The molecule has 4 aromatic carbocycles. The van der Waals surface area contributed by atoms with Gasteiger partial charge in [-0.3, -0.25) is 4.79 Å². The summed E-state index contributed by atoms with van der Waals surface area (Å²) < 4.78 is 25.0. The molecule has 0 atom stereocenters. The van der Waals surface area contributed by atoms with E-state index >= 15 is 0 Å². The van der Waals surface area contributed by atoms with Crippen LogP contribution in [-0.2, 0) is 4.79 Å². The number of hydrogen-bond acceptors (Lipinski definition) is 3. The van der Waals surface area contributed by atoms with Crippen LogP contribution in [0.15, 0.2) is 95.6 Å². The van der Waals surface area contributed by atoms with E-state index in [1.165, 1.54) is 30.3 Å². The van der Waals surface area contributed by atoms with Crippen LogP contribution in [0.25, 0.3) is 38.4 Å². The Morgan fingerprint density at radius 2 is 1.74 bits per heavy atom. The molecule has 0 saturated heterocycles. The van der Waals surface area contributed by atoms with E-state index in [9.17, 15) is 9.18 Å². The van der Waals surface area contributed by atoms with Gasteiger partial charge < -0.3 is 14.5 Å². The van der Waals surface area contributed by atoms with Crippen molar-refractivity contribution in [3.05, 3.63) is 103 Å². The lowest BCUT2D eigenvalue weighted by Gasteiger charge is -2.12. The van der Waals surface area contributed by atoms with E-state index in [1.54, 1.807) is 6.26 Å². The van der Waals surface area contributed by atoms with Crippen LogP contribution >= 0.6 is 0 Å². The molecule has 5 heteroatoms. The van der Waals surface area contributed by atoms with Gasteiger partial charge in [0.25, 0.3) is 0 Å². The first-order valence-corrected chi connectivity index (χ1v) is 11.4. The molecule has 1 amide bonds. The van der Waals surface area contributed by atoms with E-state index in [0.29, 0.717) is 23.6 Å². The van der Waals surface area contributed by atoms with Gasteiger partial charge in [-0.05, 0) is 66.1 Å². The predicted octanol–water partition coefficient (Wildman–Crippen LogP) is 7.83. The van der Waals surface area contributed by atoms with Gasteiger partial charge in [0.2, 0.25) is 5.91 Å². The van der Waals surface area contributed by atoms with Crippen molar-refractivity contribution < 1.29 is 18.3 Å². The first kappa shape index (κ1) is 22.4. The van der Waals surface area contributed by atoms with Crippen LogP contribution in [0.4, 0.5) is 10.1 Å². The van der Waals surface area contributed by atoms with Crippen molar-refractivity contribution in [1.29, 1.82) is 0 Å². The summed E-state index contributed by atoms with van der Waals surface area (Å²) in [5.41, 5.74) is 4.83. The molecule has 5 aromatic rings. The van der Waals surface area contributed by atoms with Gasteiger partial charge in [0.1, 0.15) is 17.1 Å². The highest BCUT2D eigenvalue weighted by atomic mass is 19.1. The normalized spacial score (nSPS) is 11.7. The van der Waals surface area contributed by atoms with Crippen molar-refractivity contribution in [3.8, 4) is 16.9 Å². The second kappa shape index (κ2) is 9.47. The van der Waals surface area contributed by atoms with Gasteiger partial charge in [0.15, 0.2) is 0 Å². The Morgan fingerprint density at radius 1 is 0.971 bits per heavy atom. The second-order valence-electron chi connectivity index (χ2n) is 8.28. The third kappa shape index (κ3) is 4.53. The van der Waals surface area contributed by atoms with E-state index in [4.69, 9.17) is 9.15 Å². The van der Waals surface area contributed by atoms with Crippen LogP contribution in [0.1, 0.15) is 19.4 Å². The maximum atomic E-state index is 13.2. The summed E-state index contributed by atoms with van der Waals surface area (Å²) in [6.45, 7) is 4.26. The number of carbonyl (C=O) groups is 1. The molecule has 0 aliphatic rings. The van der Waals surface area contributed by atoms with E-state index in [-0.39, 0.29) is 11.7 Å². The monoisotopic (exact) mass is 465 g/mol. The summed E-state index contributed by atoms with van der Waals surface area (Å²) in [6, 6.07) is 24.0. The average Bonchev–Trinajstić information content (AvgIpc) is 3.27. The van der Waals surface area contributed by atoms with Gasteiger partial charge in [-0.15, -0.1) is 0 Å². The molecule has 0 radical (unpaired) electrons. The lowest BCUT2D eigenvalue weighted by atomic mass is 9.96. The fourth-order valence-electron chi connectivity index (χ4n) is 4.29. The molecule has 1 N–H and O–H groups in total. The third-order valence-corrected chi connectivity index (χ3v) is 5.94. The number of furan rings is 1. The standard InChI is InChI=1S/C30H24FNO3/c1-3-34-28-17-29-26(27(18-35-29)24-10-6-8-20-7-4-5-9-23(20)24)16-25(28)19(2)15-30(33)32-22-13-11-21(31)12-14-22/h4-18H,3H2,1-2H3,(H,32,33)/b19-15+. The van der Waals surface area contributed by atoms with Crippen molar-refractivity contribution in [2.75, 3.05) is 11.9 Å². The second-order valence-corrected chi connectivity index (χ2v) is 8.28. The van der Waals surface area contributed by atoms with E-state index in [1.807, 2.05) is 44.2 Å². The van der Waals surface area contributed by atoms with Gasteiger partial charge in [-0.2, -0.15) is 0 Å². The summed E-state index contributed by atoms with van der Waals surface area (Å²) in [5, 5.41) is 6.00. The summed E-state index contributed by atoms with van der Waals surface area (Å²) in [5.74, 6) is -0.0215. The Morgan fingerprint density at radius 3 is 2.54 bits per heavy atom. The van der Waals surface area contributed by atoms with Crippen LogP contribution < -0.4 is 10.1 Å². The van der Waals surface area contributed by atoms with Crippen LogP contribution in [0.5, 0.6) is 5.75 Å². The summed E-state index contributed by atoms with van der Waals surface area (Å²) in [7, 11) is 0. The molecule has 1 aromatic heterocycles. The molecular formula is C30H24FNO3. The van der Waals surface area contributed by atoms with Crippen LogP contribution in [0.2, 0.25) is 0 Å². The predicted molar refractivity (Wildman–Crippen MR) is 139 cm³/mol. The number of rotatable bonds is 6. The van der Waals surface area contributed by atoms with E-state index < -0.39 is 0 Å². The van der Waals surface area contributed by atoms with Crippen molar-refractivity contribution in [2.45, 2.75) is 13.8 Å². The molecule has 0 bridgehead atoms. The minimum absolute atomic E-state index is 0.307. The number of fused-ring (bicyclic) bond motifs is 2. The van der Waals surface area contributed by atoms with Gasteiger partial charge in [-0.1, -0.05) is 42.5 Å². The molecule has 0 fully saturated rings. The highest BCUT2D eigenvalue weighted by molar-refractivity contribution is 6.07. The van der Waals surface area contributed by atoms with Gasteiger partial charge >= 0.3 is 0 Å². The number of amides is 1. The maximum Gasteiger partial charge on any atom is 0.248 e. The molecule has 0 spiro atoms. The van der Waals surface area contributed by atoms with Crippen LogP contribution in [0, 0.1) is 5.82 Å². The summed E-state index contributed by atoms with van der Waals surface area (Å²) in [6.07, 6.45) is 3.29. The van der Waals surface area contributed by atoms with E-state index in [0.717, 1.165) is 38.4 Å². The number of carbonyl (C=O) groups excluding carboxylic acids is 1. The summed E-state index contributed by atoms with van der Waals surface area (Å²) in [4.78, 5) is 12.7. The molecule has 1 heterocycles. The molecule has 4 nitrogen and oxygen atoms in total. The highest BCUT2D eigenvalue weighted by Gasteiger charge is 2.16. The smallest absolute Gasteiger partial charge is 0.248 e. The first-order valence-electron chi connectivity index (χ1n) is 11.4. The molecular weight excluding hydrogens is 441 g/mol. The molecule has 35 heavy (non-hydrogen) atoms. The van der Waals surface area contributed by atoms with Crippen molar-refractivity contribution in [1.82, 2.24) is 0 Å². The molecule has 0 aliphatic heterocycles. The number of ether oxygens (including phenoxy) is 1. The topological polar surface area (TPSA) is 51.5 Å². The minimum atomic E-state index is -0.355. The number of halogens is 1. The largest absolute Gasteiger partial charge is 0.493 e. The highest BCUT2D eigenvalue weighted by Crippen LogP contribution is 2.39. The Kier molecular flexibility index (Phi) is 6.06. The van der Waals surface area contributed by atoms with Gasteiger partial charge in [0, 0.05) is 34.3 Å². The average molecular weight is 466 g/mol. The van der Waals surface area contributed by atoms with Crippen LogP contribution in [-0.4, -0.2) is 12.5 Å². The molecule has 5 rings (SSSR count). The minimum Gasteiger partial charge on any atom is -0.493 e. The molecule has 0 saturated carbocycles.